The SMILES string of the molecule is COC(=O)Cc1csc(N/N=C\c2cc(Cl)c(OC(C)C)c(Cl)c2)n1. The molecule has 25 heavy (non-hydrogen) atoms. The van der Waals surface area contributed by atoms with Crippen molar-refractivity contribution in [3.05, 3.63) is 38.8 Å². The van der Waals surface area contributed by atoms with E-state index in [1.54, 1.807) is 23.7 Å². The Labute approximate surface area is 159 Å². The van der Waals surface area contributed by atoms with Crippen molar-refractivity contribution in [2.75, 3.05) is 12.5 Å². The molecule has 0 aliphatic carbocycles. The van der Waals surface area contributed by atoms with Gasteiger partial charge in [-0.15, -0.1) is 11.3 Å². The van der Waals surface area contributed by atoms with Crippen LogP contribution in [0.25, 0.3) is 0 Å². The summed E-state index contributed by atoms with van der Waals surface area (Å²) in [4.78, 5) is 15.4. The maximum absolute atomic E-state index is 11.2. The average molecular weight is 402 g/mol. The van der Waals surface area contributed by atoms with Gasteiger partial charge in [-0.2, -0.15) is 5.10 Å². The number of nitrogens with one attached hydrogen (secondary N) is 1. The van der Waals surface area contributed by atoms with Crippen molar-refractivity contribution in [2.45, 2.75) is 26.4 Å². The Balaban J connectivity index is 2.01. The number of ether oxygens (including phenoxy) is 2. The Bertz CT molecular complexity index is 755. The standard InChI is InChI=1S/C16H17Cl2N3O3S/c1-9(2)24-15-12(17)4-10(5-13(15)18)7-19-21-16-20-11(8-25-16)6-14(22)23-3/h4-5,7-9H,6H2,1-3H3,(H,20,21)/b19-7-. The van der Waals surface area contributed by atoms with Crippen LogP contribution in [-0.2, 0) is 16.0 Å². The van der Waals surface area contributed by atoms with Crippen LogP contribution in [0.1, 0.15) is 25.1 Å². The number of hydrogen-bond acceptors (Lipinski definition) is 7. The van der Waals surface area contributed by atoms with Gasteiger partial charge in [-0.1, -0.05) is 23.2 Å². The van der Waals surface area contributed by atoms with Gasteiger partial charge in [0.1, 0.15) is 0 Å². The molecule has 2 aromatic rings. The Hall–Kier alpha value is -1.83. The lowest BCUT2D eigenvalue weighted by Gasteiger charge is -2.13. The van der Waals surface area contributed by atoms with Gasteiger partial charge in [0.05, 0.1) is 41.6 Å². The first-order valence-electron chi connectivity index (χ1n) is 7.35. The van der Waals surface area contributed by atoms with Gasteiger partial charge >= 0.3 is 5.97 Å². The number of methoxy groups -OCH3 is 1. The average Bonchev–Trinajstić information content (AvgIpc) is 2.98. The van der Waals surface area contributed by atoms with Crippen LogP contribution in [0.3, 0.4) is 0 Å². The van der Waals surface area contributed by atoms with E-state index in [0.717, 1.165) is 0 Å². The van der Waals surface area contributed by atoms with Gasteiger partial charge in [0.25, 0.3) is 0 Å². The zero-order valence-corrected chi connectivity index (χ0v) is 16.2. The lowest BCUT2D eigenvalue weighted by atomic mass is 10.2. The monoisotopic (exact) mass is 401 g/mol. The predicted molar refractivity (Wildman–Crippen MR) is 101 cm³/mol. The maximum Gasteiger partial charge on any atom is 0.311 e. The van der Waals surface area contributed by atoms with E-state index < -0.39 is 0 Å². The van der Waals surface area contributed by atoms with Gasteiger partial charge in [0.15, 0.2) is 5.75 Å². The minimum Gasteiger partial charge on any atom is -0.488 e. The topological polar surface area (TPSA) is 72.8 Å². The molecule has 9 heteroatoms. The molecule has 0 aliphatic heterocycles. The van der Waals surface area contributed by atoms with E-state index >= 15 is 0 Å². The van der Waals surface area contributed by atoms with Gasteiger partial charge < -0.3 is 9.47 Å². The number of benzene rings is 1. The number of esters is 1. The number of halogens is 2. The summed E-state index contributed by atoms with van der Waals surface area (Å²) < 4.78 is 10.2. The van der Waals surface area contributed by atoms with Crippen LogP contribution in [0.2, 0.25) is 10.0 Å². The van der Waals surface area contributed by atoms with Crippen LogP contribution in [0.4, 0.5) is 5.13 Å². The lowest BCUT2D eigenvalue weighted by Crippen LogP contribution is -2.06. The minimum atomic E-state index is -0.339. The fourth-order valence-corrected chi connectivity index (χ4v) is 3.08. The molecule has 134 valence electrons. The molecule has 0 amide bonds. The molecule has 0 radical (unpaired) electrons. The summed E-state index contributed by atoms with van der Waals surface area (Å²) in [6.45, 7) is 3.79. The highest BCUT2D eigenvalue weighted by molar-refractivity contribution is 7.13. The van der Waals surface area contributed by atoms with Gasteiger partial charge in [-0.25, -0.2) is 4.98 Å². The Morgan fingerprint density at radius 3 is 2.68 bits per heavy atom. The molecular formula is C16H17Cl2N3O3S. The third kappa shape index (κ3) is 5.88. The van der Waals surface area contributed by atoms with E-state index in [1.165, 1.54) is 18.4 Å². The summed E-state index contributed by atoms with van der Waals surface area (Å²) in [6, 6.07) is 3.42. The second kappa shape index (κ2) is 9.03. The molecule has 0 unspecified atom stereocenters. The number of aromatic nitrogens is 1. The largest absolute Gasteiger partial charge is 0.488 e. The fourth-order valence-electron chi connectivity index (χ4n) is 1.82. The summed E-state index contributed by atoms with van der Waals surface area (Å²) in [5, 5.41) is 7.25. The van der Waals surface area contributed by atoms with E-state index in [4.69, 9.17) is 27.9 Å². The van der Waals surface area contributed by atoms with Crippen molar-refractivity contribution in [1.82, 2.24) is 4.98 Å². The number of hydrogen-bond donors (Lipinski definition) is 1. The molecule has 6 nitrogen and oxygen atoms in total. The van der Waals surface area contributed by atoms with Crippen molar-refractivity contribution in [3.63, 3.8) is 0 Å². The van der Waals surface area contributed by atoms with Gasteiger partial charge in [0.2, 0.25) is 5.13 Å². The van der Waals surface area contributed by atoms with Crippen molar-refractivity contribution < 1.29 is 14.3 Å². The van der Waals surface area contributed by atoms with Crippen LogP contribution in [0, 0.1) is 0 Å². The number of thiazole rings is 1. The van der Waals surface area contributed by atoms with Crippen molar-refractivity contribution >= 4 is 51.9 Å². The molecule has 2 rings (SSSR count). The van der Waals surface area contributed by atoms with Crippen molar-refractivity contribution in [3.8, 4) is 5.75 Å². The third-order valence-corrected chi connectivity index (χ3v) is 4.21. The van der Waals surface area contributed by atoms with Gasteiger partial charge in [-0.05, 0) is 31.5 Å². The first-order valence-corrected chi connectivity index (χ1v) is 8.98. The second-order valence-electron chi connectivity index (χ2n) is 5.25. The smallest absolute Gasteiger partial charge is 0.311 e. The van der Waals surface area contributed by atoms with E-state index in [0.29, 0.717) is 32.2 Å². The zero-order chi connectivity index (χ0) is 18.4. The molecule has 1 aromatic heterocycles. The molecule has 1 heterocycles. The van der Waals surface area contributed by atoms with Gasteiger partial charge in [0, 0.05) is 5.38 Å². The Morgan fingerprint density at radius 2 is 2.08 bits per heavy atom. The molecule has 0 aliphatic rings. The highest BCUT2D eigenvalue weighted by Crippen LogP contribution is 2.34. The van der Waals surface area contributed by atoms with Crippen LogP contribution in [0.15, 0.2) is 22.6 Å². The Kier molecular flexibility index (Phi) is 7.04. The summed E-state index contributed by atoms with van der Waals surface area (Å²) in [7, 11) is 1.34. The minimum absolute atomic E-state index is 0.0275. The molecular weight excluding hydrogens is 385 g/mol. The van der Waals surface area contributed by atoms with Crippen molar-refractivity contribution in [2.24, 2.45) is 5.10 Å². The van der Waals surface area contributed by atoms with E-state index in [-0.39, 0.29) is 18.5 Å². The van der Waals surface area contributed by atoms with E-state index in [9.17, 15) is 4.79 Å². The number of hydrazone groups is 1. The molecule has 0 fully saturated rings. The number of rotatable bonds is 7. The first-order chi connectivity index (χ1) is 11.9. The molecule has 0 spiro atoms. The molecule has 0 bridgehead atoms. The Morgan fingerprint density at radius 1 is 1.40 bits per heavy atom. The fraction of sp³-hybridized carbons (Fsp3) is 0.312. The van der Waals surface area contributed by atoms with Gasteiger partial charge in [-0.3, -0.25) is 10.2 Å². The van der Waals surface area contributed by atoms with E-state index in [2.05, 4.69) is 20.2 Å². The lowest BCUT2D eigenvalue weighted by molar-refractivity contribution is -0.139. The summed E-state index contributed by atoms with van der Waals surface area (Å²) in [6.07, 6.45) is 1.67. The third-order valence-electron chi connectivity index (χ3n) is 2.85. The quantitative estimate of drug-likeness (QED) is 0.422. The second-order valence-corrected chi connectivity index (χ2v) is 6.92. The van der Waals surface area contributed by atoms with E-state index in [1.807, 2.05) is 13.8 Å². The van der Waals surface area contributed by atoms with Crippen LogP contribution >= 0.6 is 34.5 Å². The number of nitrogens with zero attached hydrogens (tertiary/aromatic N) is 2. The highest BCUT2D eigenvalue weighted by atomic mass is 35.5. The number of anilines is 1. The molecule has 0 saturated heterocycles. The predicted octanol–water partition coefficient (Wildman–Crippen LogP) is 4.40. The molecule has 0 atom stereocenters. The van der Waals surface area contributed by atoms with Crippen LogP contribution < -0.4 is 10.2 Å². The maximum atomic E-state index is 11.2. The summed E-state index contributed by atoms with van der Waals surface area (Å²) in [5.41, 5.74) is 4.13. The van der Waals surface area contributed by atoms with Crippen LogP contribution in [0.5, 0.6) is 5.75 Å². The first kappa shape index (κ1) is 19.5. The zero-order valence-electron chi connectivity index (χ0n) is 13.9. The number of carbonyl (C=O) groups excluding carboxylic acids is 1. The molecule has 0 saturated carbocycles. The highest BCUT2D eigenvalue weighted by Gasteiger charge is 2.11. The molecule has 1 N–H and O–H groups in total. The van der Waals surface area contributed by atoms with Crippen LogP contribution in [-0.4, -0.2) is 30.4 Å². The normalized spacial score (nSPS) is 11.1. The summed E-state index contributed by atoms with van der Waals surface area (Å²) in [5.74, 6) is 0.115. The summed E-state index contributed by atoms with van der Waals surface area (Å²) >= 11 is 13.7. The number of carbonyl (C=O) groups is 1. The molecule has 1 aromatic carbocycles. The van der Waals surface area contributed by atoms with Crippen molar-refractivity contribution in [1.29, 1.82) is 0 Å².